The molecule has 0 aliphatic rings. The number of aryl methyl sites for hydroxylation is 1. The van der Waals surface area contributed by atoms with Crippen LogP contribution in [0.1, 0.15) is 43.4 Å². The Hall–Kier alpha value is -0.820. The number of hydrogen-bond acceptors (Lipinski definition) is 1. The van der Waals surface area contributed by atoms with Crippen LogP contribution in [0.2, 0.25) is 0 Å². The van der Waals surface area contributed by atoms with Crippen LogP contribution in [0, 0.1) is 6.92 Å². The zero-order valence-electron chi connectivity index (χ0n) is 11.4. The molecule has 0 radical (unpaired) electrons. The zero-order valence-corrected chi connectivity index (χ0v) is 11.4. The quantitative estimate of drug-likeness (QED) is 0.731. The highest BCUT2D eigenvalue weighted by atomic mass is 15.1. The maximum Gasteiger partial charge on any atom is 0.00188 e. The molecule has 1 nitrogen and oxygen atoms in total. The lowest BCUT2D eigenvalue weighted by molar-refractivity contribution is 0.357. The van der Waals surface area contributed by atoms with Gasteiger partial charge >= 0.3 is 0 Å². The Morgan fingerprint density at radius 1 is 1.25 bits per heavy atom. The fourth-order valence-corrected chi connectivity index (χ4v) is 1.79. The minimum atomic E-state index is 0.628. The third kappa shape index (κ3) is 3.64. The van der Waals surface area contributed by atoms with Crippen molar-refractivity contribution >= 4 is 0 Å². The van der Waals surface area contributed by atoms with Crippen molar-refractivity contribution in [2.75, 3.05) is 20.1 Å². The lowest BCUT2D eigenvalue weighted by Gasteiger charge is -2.16. The van der Waals surface area contributed by atoms with E-state index in [1.54, 1.807) is 0 Å². The first-order valence-corrected chi connectivity index (χ1v) is 6.32. The molecule has 0 aliphatic carbocycles. The maximum absolute atomic E-state index is 2.38. The molecule has 0 N–H and O–H groups in total. The summed E-state index contributed by atoms with van der Waals surface area (Å²) in [6.45, 7) is 11.2. The predicted molar refractivity (Wildman–Crippen MR) is 72.1 cm³/mol. The first-order valence-electron chi connectivity index (χ1n) is 6.32. The van der Waals surface area contributed by atoms with Crippen LogP contribution in [0.5, 0.6) is 0 Å². The Kier molecular flexibility index (Phi) is 5.01. The molecule has 16 heavy (non-hydrogen) atoms. The van der Waals surface area contributed by atoms with Crippen molar-refractivity contribution in [3.8, 4) is 0 Å². The van der Waals surface area contributed by atoms with Crippen LogP contribution in [0.4, 0.5) is 0 Å². The van der Waals surface area contributed by atoms with Crippen molar-refractivity contribution < 1.29 is 0 Å². The van der Waals surface area contributed by atoms with E-state index in [-0.39, 0.29) is 0 Å². The maximum atomic E-state index is 2.38. The molecule has 1 heteroatoms. The van der Waals surface area contributed by atoms with Gasteiger partial charge in [-0.25, -0.2) is 0 Å². The monoisotopic (exact) mass is 219 g/mol. The first kappa shape index (κ1) is 13.2. The van der Waals surface area contributed by atoms with E-state index in [0.29, 0.717) is 5.92 Å². The van der Waals surface area contributed by atoms with Gasteiger partial charge in [0.05, 0.1) is 0 Å². The van der Waals surface area contributed by atoms with Crippen molar-refractivity contribution in [3.05, 3.63) is 34.9 Å². The molecule has 0 amide bonds. The Morgan fingerprint density at radius 2 is 1.94 bits per heavy atom. The summed E-state index contributed by atoms with van der Waals surface area (Å²) < 4.78 is 0. The van der Waals surface area contributed by atoms with Crippen molar-refractivity contribution in [1.82, 2.24) is 4.90 Å². The molecule has 0 fully saturated rings. The van der Waals surface area contributed by atoms with Gasteiger partial charge < -0.3 is 4.90 Å². The fourth-order valence-electron chi connectivity index (χ4n) is 1.79. The number of nitrogens with zero attached hydrogens (tertiary/aromatic N) is 1. The van der Waals surface area contributed by atoms with E-state index in [0.717, 1.165) is 19.5 Å². The number of benzene rings is 1. The predicted octanol–water partition coefficient (Wildman–Crippen LogP) is 3.61. The van der Waals surface area contributed by atoms with Crippen LogP contribution in [0.15, 0.2) is 18.2 Å². The van der Waals surface area contributed by atoms with E-state index in [9.17, 15) is 0 Å². The zero-order chi connectivity index (χ0) is 12.1. The second kappa shape index (κ2) is 6.05. The molecule has 1 rings (SSSR count). The van der Waals surface area contributed by atoms with Gasteiger partial charge in [0.25, 0.3) is 0 Å². The standard InChI is InChI=1S/C15H25N/c1-6-16(5)10-9-15-11-14(12(2)3)8-7-13(15)4/h7-8,11-12H,6,9-10H2,1-5H3. The van der Waals surface area contributed by atoms with Gasteiger partial charge in [-0.3, -0.25) is 0 Å². The van der Waals surface area contributed by atoms with Crippen molar-refractivity contribution in [2.24, 2.45) is 0 Å². The molecule has 90 valence electrons. The molecule has 0 aliphatic heterocycles. The van der Waals surface area contributed by atoms with Crippen LogP contribution >= 0.6 is 0 Å². The van der Waals surface area contributed by atoms with Gasteiger partial charge in [0.1, 0.15) is 0 Å². The SMILES string of the molecule is CCN(C)CCc1cc(C(C)C)ccc1C. The van der Waals surface area contributed by atoms with E-state index < -0.39 is 0 Å². The summed E-state index contributed by atoms with van der Waals surface area (Å²) in [4.78, 5) is 2.36. The summed E-state index contributed by atoms with van der Waals surface area (Å²) in [5, 5.41) is 0. The third-order valence-corrected chi connectivity index (χ3v) is 3.34. The smallest absolute Gasteiger partial charge is 0.00188 e. The molecular formula is C15H25N. The summed E-state index contributed by atoms with van der Waals surface area (Å²) >= 11 is 0. The lowest BCUT2D eigenvalue weighted by Crippen LogP contribution is -2.20. The highest BCUT2D eigenvalue weighted by molar-refractivity contribution is 5.32. The van der Waals surface area contributed by atoms with Crippen molar-refractivity contribution in [3.63, 3.8) is 0 Å². The first-order chi connectivity index (χ1) is 7.54. The minimum Gasteiger partial charge on any atom is -0.306 e. The number of rotatable bonds is 5. The molecule has 0 aromatic heterocycles. The molecule has 1 aromatic carbocycles. The van der Waals surface area contributed by atoms with Crippen molar-refractivity contribution in [2.45, 2.75) is 40.0 Å². The van der Waals surface area contributed by atoms with E-state index in [1.807, 2.05) is 0 Å². The number of likely N-dealkylation sites (N-methyl/N-ethyl adjacent to an activating group) is 1. The molecule has 0 atom stereocenters. The summed E-state index contributed by atoms with van der Waals surface area (Å²) in [6.07, 6.45) is 1.16. The van der Waals surface area contributed by atoms with Crippen LogP contribution < -0.4 is 0 Å². The van der Waals surface area contributed by atoms with Gasteiger partial charge in [-0.1, -0.05) is 39.0 Å². The topological polar surface area (TPSA) is 3.24 Å². The van der Waals surface area contributed by atoms with Gasteiger partial charge in [-0.05, 0) is 49.5 Å². The highest BCUT2D eigenvalue weighted by Gasteiger charge is 2.04. The summed E-state index contributed by atoms with van der Waals surface area (Å²) in [5.74, 6) is 0.628. The Bertz CT molecular complexity index is 328. The van der Waals surface area contributed by atoms with E-state index >= 15 is 0 Å². The fraction of sp³-hybridized carbons (Fsp3) is 0.600. The van der Waals surface area contributed by atoms with Crippen LogP contribution in [0.25, 0.3) is 0 Å². The Labute approximate surface area is 100 Å². The molecule has 0 saturated carbocycles. The van der Waals surface area contributed by atoms with Gasteiger partial charge in [-0.2, -0.15) is 0 Å². The lowest BCUT2D eigenvalue weighted by atomic mass is 9.96. The highest BCUT2D eigenvalue weighted by Crippen LogP contribution is 2.19. The molecule has 1 aromatic rings. The summed E-state index contributed by atoms with van der Waals surface area (Å²) in [5.41, 5.74) is 4.39. The molecule has 0 heterocycles. The molecular weight excluding hydrogens is 194 g/mol. The van der Waals surface area contributed by atoms with Crippen LogP contribution in [-0.4, -0.2) is 25.0 Å². The van der Waals surface area contributed by atoms with E-state index in [4.69, 9.17) is 0 Å². The molecule has 0 bridgehead atoms. The second-order valence-corrected chi connectivity index (χ2v) is 4.99. The van der Waals surface area contributed by atoms with Gasteiger partial charge in [0.15, 0.2) is 0 Å². The largest absolute Gasteiger partial charge is 0.306 e. The average Bonchev–Trinajstić information content (AvgIpc) is 2.27. The number of hydrogen-bond donors (Lipinski definition) is 0. The second-order valence-electron chi connectivity index (χ2n) is 4.99. The molecule has 0 unspecified atom stereocenters. The molecule has 0 saturated heterocycles. The summed E-state index contributed by atoms with van der Waals surface area (Å²) in [7, 11) is 2.18. The average molecular weight is 219 g/mol. The third-order valence-electron chi connectivity index (χ3n) is 3.34. The normalized spacial score (nSPS) is 11.4. The van der Waals surface area contributed by atoms with Gasteiger partial charge in [0, 0.05) is 6.54 Å². The van der Waals surface area contributed by atoms with Crippen LogP contribution in [-0.2, 0) is 6.42 Å². The van der Waals surface area contributed by atoms with Gasteiger partial charge in [-0.15, -0.1) is 0 Å². The van der Waals surface area contributed by atoms with Gasteiger partial charge in [0.2, 0.25) is 0 Å². The Balaban J connectivity index is 2.74. The summed E-state index contributed by atoms with van der Waals surface area (Å²) in [6, 6.07) is 6.90. The van der Waals surface area contributed by atoms with Crippen molar-refractivity contribution in [1.29, 1.82) is 0 Å². The minimum absolute atomic E-state index is 0.628. The van der Waals surface area contributed by atoms with E-state index in [1.165, 1.54) is 16.7 Å². The molecule has 0 spiro atoms. The van der Waals surface area contributed by atoms with Crippen LogP contribution in [0.3, 0.4) is 0 Å². The van der Waals surface area contributed by atoms with E-state index in [2.05, 4.69) is 57.8 Å². The Morgan fingerprint density at radius 3 is 2.50 bits per heavy atom.